The van der Waals surface area contributed by atoms with Crippen LogP contribution in [0.5, 0.6) is 0 Å². The van der Waals surface area contributed by atoms with Crippen molar-refractivity contribution in [1.29, 1.82) is 0 Å². The number of amides is 1. The Kier molecular flexibility index (Phi) is 4.68. The van der Waals surface area contributed by atoms with Crippen molar-refractivity contribution in [2.24, 2.45) is 0 Å². The zero-order chi connectivity index (χ0) is 18.8. The number of anilines is 1. The Bertz CT molecular complexity index is 947. The van der Waals surface area contributed by atoms with E-state index in [9.17, 15) is 9.18 Å². The Labute approximate surface area is 154 Å². The Hall–Kier alpha value is -3.07. The number of methoxy groups -OCH3 is 1. The first kappa shape index (κ1) is 17.3. The molecule has 0 spiro atoms. The van der Waals surface area contributed by atoms with Crippen LogP contribution >= 0.6 is 0 Å². The predicted octanol–water partition coefficient (Wildman–Crippen LogP) is 1.52. The topological polar surface area (TPSA) is 96.0 Å². The molecule has 2 atom stereocenters. The quantitative estimate of drug-likeness (QED) is 0.707. The fourth-order valence-electron chi connectivity index (χ4n) is 3.47. The minimum Gasteiger partial charge on any atom is -0.380 e. The van der Waals surface area contributed by atoms with Crippen LogP contribution in [-0.4, -0.2) is 58.2 Å². The van der Waals surface area contributed by atoms with Crippen LogP contribution in [0.25, 0.3) is 11.0 Å². The molecule has 4 rings (SSSR count). The Balaban J connectivity index is 1.51. The van der Waals surface area contributed by atoms with Crippen LogP contribution in [0.4, 0.5) is 10.2 Å². The number of halogens is 1. The lowest BCUT2D eigenvalue weighted by molar-refractivity contribution is 0.0947. The van der Waals surface area contributed by atoms with Crippen molar-refractivity contribution >= 4 is 22.8 Å². The average Bonchev–Trinajstić information content (AvgIpc) is 3.32. The van der Waals surface area contributed by atoms with E-state index in [1.165, 1.54) is 24.8 Å². The molecule has 1 aliphatic heterocycles. The fraction of sp³-hybridized carbons (Fsp3) is 0.333. The summed E-state index contributed by atoms with van der Waals surface area (Å²) in [6, 6.07) is 4.35. The Morgan fingerprint density at radius 1 is 1.44 bits per heavy atom. The second kappa shape index (κ2) is 7.28. The van der Waals surface area contributed by atoms with Gasteiger partial charge in [-0.25, -0.2) is 19.3 Å². The number of nitrogens with zero attached hydrogens (tertiary/aromatic N) is 4. The summed E-state index contributed by atoms with van der Waals surface area (Å²) >= 11 is 0. The second-order valence-corrected chi connectivity index (χ2v) is 6.43. The van der Waals surface area contributed by atoms with Crippen LogP contribution < -0.4 is 10.2 Å². The van der Waals surface area contributed by atoms with Gasteiger partial charge in [-0.15, -0.1) is 0 Å². The zero-order valence-electron chi connectivity index (χ0n) is 14.7. The summed E-state index contributed by atoms with van der Waals surface area (Å²) < 4.78 is 19.3. The lowest BCUT2D eigenvalue weighted by Gasteiger charge is -2.25. The Morgan fingerprint density at radius 3 is 3.11 bits per heavy atom. The highest BCUT2D eigenvalue weighted by Crippen LogP contribution is 2.25. The van der Waals surface area contributed by atoms with Crippen LogP contribution in [0.1, 0.15) is 16.8 Å². The van der Waals surface area contributed by atoms with Gasteiger partial charge in [0.05, 0.1) is 29.6 Å². The molecule has 140 valence electrons. The molecule has 3 aromatic rings. The number of imidazole rings is 1. The molecule has 0 bridgehead atoms. The molecule has 9 heteroatoms. The molecule has 1 amide bonds. The molecule has 0 saturated carbocycles. The van der Waals surface area contributed by atoms with Gasteiger partial charge in [-0.3, -0.25) is 4.79 Å². The molecule has 0 radical (unpaired) electrons. The fourth-order valence-corrected chi connectivity index (χ4v) is 3.47. The number of benzene rings is 1. The van der Waals surface area contributed by atoms with Crippen LogP contribution in [0.2, 0.25) is 0 Å². The third-order valence-corrected chi connectivity index (χ3v) is 4.80. The molecule has 27 heavy (non-hydrogen) atoms. The number of ether oxygens (including phenoxy) is 1. The number of carbonyl (C=O) groups excluding carboxylic acids is 1. The summed E-state index contributed by atoms with van der Waals surface area (Å²) in [5.41, 5.74) is 1.15. The normalized spacial score (nSPS) is 19.6. The molecular weight excluding hydrogens is 351 g/mol. The van der Waals surface area contributed by atoms with E-state index in [4.69, 9.17) is 4.74 Å². The molecule has 2 N–H and O–H groups in total. The van der Waals surface area contributed by atoms with Crippen LogP contribution in [0.15, 0.2) is 37.1 Å². The average molecular weight is 370 g/mol. The van der Waals surface area contributed by atoms with E-state index in [0.29, 0.717) is 24.1 Å². The maximum atomic E-state index is 13.8. The first-order valence-corrected chi connectivity index (χ1v) is 8.62. The molecule has 0 aliphatic carbocycles. The van der Waals surface area contributed by atoms with Gasteiger partial charge in [-0.05, 0) is 24.6 Å². The monoisotopic (exact) mass is 370 g/mol. The van der Waals surface area contributed by atoms with Crippen LogP contribution in [-0.2, 0) is 4.74 Å². The number of carbonyl (C=O) groups is 1. The van der Waals surface area contributed by atoms with Gasteiger partial charge < -0.3 is 19.9 Å². The lowest BCUT2D eigenvalue weighted by Crippen LogP contribution is -2.40. The molecule has 1 saturated heterocycles. The first-order valence-electron chi connectivity index (χ1n) is 8.62. The number of rotatable bonds is 5. The van der Waals surface area contributed by atoms with Gasteiger partial charge in [0.2, 0.25) is 0 Å². The van der Waals surface area contributed by atoms with Gasteiger partial charge in [0.15, 0.2) is 0 Å². The summed E-state index contributed by atoms with van der Waals surface area (Å²) in [5.74, 6) is -0.0702. The summed E-state index contributed by atoms with van der Waals surface area (Å²) in [7, 11) is 1.67. The molecular formula is C18H19FN6O2. The third kappa shape index (κ3) is 3.45. The van der Waals surface area contributed by atoms with Gasteiger partial charge in [0.25, 0.3) is 5.91 Å². The van der Waals surface area contributed by atoms with E-state index in [1.54, 1.807) is 13.3 Å². The van der Waals surface area contributed by atoms with Crippen molar-refractivity contribution in [1.82, 2.24) is 25.3 Å². The number of hydrogen-bond donors (Lipinski definition) is 2. The lowest BCUT2D eigenvalue weighted by atomic mass is 10.1. The summed E-state index contributed by atoms with van der Waals surface area (Å²) in [5, 5.41) is 2.89. The number of aromatic nitrogens is 4. The van der Waals surface area contributed by atoms with Crippen molar-refractivity contribution in [3.8, 4) is 0 Å². The minimum absolute atomic E-state index is 0.0111. The zero-order valence-corrected chi connectivity index (χ0v) is 14.7. The van der Waals surface area contributed by atoms with E-state index >= 15 is 0 Å². The number of H-pyrrole nitrogens is 1. The standard InChI is InChI=1S/C18H19FN6O2/c1-27-13-6-12(25(8-13)16-2-3-20-9-23-16)7-21-18(26)14-4-11(19)5-15-17(14)24-10-22-15/h2-5,9-10,12-13H,6-8H2,1H3,(H,21,26)(H,22,24)/t12-,13-/m0/s1. The van der Waals surface area contributed by atoms with Crippen molar-refractivity contribution in [2.75, 3.05) is 25.1 Å². The third-order valence-electron chi connectivity index (χ3n) is 4.80. The van der Waals surface area contributed by atoms with Crippen molar-refractivity contribution in [3.05, 3.63) is 48.4 Å². The smallest absolute Gasteiger partial charge is 0.253 e. The number of fused-ring (bicyclic) bond motifs is 1. The van der Waals surface area contributed by atoms with E-state index in [0.717, 1.165) is 12.2 Å². The van der Waals surface area contributed by atoms with E-state index in [-0.39, 0.29) is 23.6 Å². The van der Waals surface area contributed by atoms with Gasteiger partial charge in [-0.2, -0.15) is 0 Å². The maximum absolute atomic E-state index is 13.8. The largest absolute Gasteiger partial charge is 0.380 e. The van der Waals surface area contributed by atoms with Crippen molar-refractivity contribution in [3.63, 3.8) is 0 Å². The predicted molar refractivity (Wildman–Crippen MR) is 97.0 cm³/mol. The van der Waals surface area contributed by atoms with Gasteiger partial charge >= 0.3 is 0 Å². The Morgan fingerprint density at radius 2 is 2.33 bits per heavy atom. The molecule has 3 heterocycles. The summed E-state index contributed by atoms with van der Waals surface area (Å²) in [6.07, 6.45) is 5.42. The van der Waals surface area contributed by atoms with Gasteiger partial charge in [0.1, 0.15) is 23.5 Å². The van der Waals surface area contributed by atoms with E-state index < -0.39 is 5.82 Å². The first-order chi connectivity index (χ1) is 13.2. The molecule has 1 aromatic carbocycles. The van der Waals surface area contributed by atoms with Crippen molar-refractivity contribution in [2.45, 2.75) is 18.6 Å². The molecule has 2 aromatic heterocycles. The van der Waals surface area contributed by atoms with Gasteiger partial charge in [-0.1, -0.05) is 0 Å². The molecule has 1 fully saturated rings. The summed E-state index contributed by atoms with van der Waals surface area (Å²) in [6.45, 7) is 1.06. The van der Waals surface area contributed by atoms with Crippen LogP contribution in [0, 0.1) is 5.82 Å². The molecule has 8 nitrogen and oxygen atoms in total. The van der Waals surface area contributed by atoms with Gasteiger partial charge in [0, 0.05) is 26.4 Å². The maximum Gasteiger partial charge on any atom is 0.253 e. The SMILES string of the molecule is CO[C@H]1C[C@@H](CNC(=O)c2cc(F)cc3[nH]cnc23)N(c2ccncn2)C1. The second-order valence-electron chi connectivity index (χ2n) is 6.43. The number of nitrogens with one attached hydrogen (secondary N) is 2. The minimum atomic E-state index is -0.486. The summed E-state index contributed by atoms with van der Waals surface area (Å²) in [4.78, 5) is 29.9. The van der Waals surface area contributed by atoms with E-state index in [1.807, 2.05) is 6.07 Å². The van der Waals surface area contributed by atoms with Crippen molar-refractivity contribution < 1.29 is 13.9 Å². The number of hydrogen-bond acceptors (Lipinski definition) is 6. The van der Waals surface area contributed by atoms with E-state index in [2.05, 4.69) is 30.2 Å². The number of aromatic amines is 1. The highest BCUT2D eigenvalue weighted by atomic mass is 19.1. The highest BCUT2D eigenvalue weighted by molar-refractivity contribution is 6.04. The highest BCUT2D eigenvalue weighted by Gasteiger charge is 2.33. The van der Waals surface area contributed by atoms with Crippen LogP contribution in [0.3, 0.4) is 0 Å². The molecule has 0 unspecified atom stereocenters. The molecule has 1 aliphatic rings.